The van der Waals surface area contributed by atoms with Crippen molar-refractivity contribution in [2.75, 3.05) is 6.61 Å². The van der Waals surface area contributed by atoms with Gasteiger partial charge in [0.15, 0.2) is 17.5 Å². The summed E-state index contributed by atoms with van der Waals surface area (Å²) in [7, 11) is 0. The average molecular weight is 667 g/mol. The van der Waals surface area contributed by atoms with Gasteiger partial charge in [-0.2, -0.15) is 8.78 Å². The molecule has 0 aromatic heterocycles. The second-order valence-corrected chi connectivity index (χ2v) is 12.7. The van der Waals surface area contributed by atoms with E-state index in [1.54, 1.807) is 6.07 Å². The lowest BCUT2D eigenvalue weighted by Crippen LogP contribution is -2.29. The topological polar surface area (TPSA) is 18.5 Å². The molecule has 2 atom stereocenters. The Bertz CT molecular complexity index is 1510. The first kappa shape index (κ1) is 34.9. The molecular weight excluding hydrogens is 628 g/mol. The highest BCUT2D eigenvalue weighted by Gasteiger charge is 2.32. The summed E-state index contributed by atoms with van der Waals surface area (Å²) in [5.41, 5.74) is -0.467. The number of halogens is 8. The second-order valence-electron chi connectivity index (χ2n) is 12.7. The van der Waals surface area contributed by atoms with Crippen LogP contribution in [-0.4, -0.2) is 12.7 Å². The monoisotopic (exact) mass is 666 g/mol. The molecule has 3 aromatic rings. The van der Waals surface area contributed by atoms with E-state index in [9.17, 15) is 30.7 Å². The largest absolute Gasteiger partial charge is 0.429 e. The third-order valence-electron chi connectivity index (χ3n) is 9.50. The van der Waals surface area contributed by atoms with Crippen LogP contribution in [0.3, 0.4) is 0 Å². The lowest BCUT2D eigenvalue weighted by Gasteiger charge is -2.38. The van der Waals surface area contributed by atoms with Gasteiger partial charge in [-0.25, -0.2) is 26.3 Å². The van der Waals surface area contributed by atoms with E-state index in [1.165, 1.54) is 63.5 Å². The first-order valence-corrected chi connectivity index (χ1v) is 16.2. The average Bonchev–Trinajstić information content (AvgIpc) is 3.03. The molecule has 0 bridgehead atoms. The summed E-state index contributed by atoms with van der Waals surface area (Å²) in [5, 5.41) is 0. The van der Waals surface area contributed by atoms with Crippen molar-refractivity contribution < 1.29 is 44.6 Å². The summed E-state index contributed by atoms with van der Waals surface area (Å²) in [6.07, 6.45) is 7.76. The quantitative estimate of drug-likeness (QED) is 0.115. The van der Waals surface area contributed by atoms with Crippen molar-refractivity contribution in [1.29, 1.82) is 0 Å². The van der Waals surface area contributed by atoms with Crippen LogP contribution in [0.1, 0.15) is 88.4 Å². The number of rotatable bonds is 11. The molecule has 0 radical (unpaired) electrons. The Hall–Kier alpha value is -3.40. The summed E-state index contributed by atoms with van der Waals surface area (Å²) >= 11 is 0. The Balaban J connectivity index is 1.19. The van der Waals surface area contributed by atoms with Crippen molar-refractivity contribution in [3.8, 4) is 16.9 Å². The summed E-state index contributed by atoms with van der Waals surface area (Å²) in [6.45, 7) is 2.84. The Morgan fingerprint density at radius 1 is 0.766 bits per heavy atom. The summed E-state index contributed by atoms with van der Waals surface area (Å²) < 4.78 is 124. The second kappa shape index (κ2) is 15.2. The van der Waals surface area contributed by atoms with Crippen molar-refractivity contribution in [2.45, 2.75) is 83.3 Å². The molecule has 5 rings (SSSR count). The number of benzene rings is 3. The molecule has 1 saturated carbocycles. The number of unbranched alkanes of at least 4 members (excludes halogenated alkanes) is 2. The van der Waals surface area contributed by atoms with Gasteiger partial charge < -0.3 is 9.47 Å². The van der Waals surface area contributed by atoms with E-state index in [1.807, 2.05) is 0 Å². The fourth-order valence-corrected chi connectivity index (χ4v) is 6.87. The molecule has 1 aliphatic carbocycles. The van der Waals surface area contributed by atoms with Crippen LogP contribution in [0.25, 0.3) is 17.2 Å². The Morgan fingerprint density at radius 3 is 2.02 bits per heavy atom. The van der Waals surface area contributed by atoms with Gasteiger partial charge in [-0.1, -0.05) is 57.6 Å². The van der Waals surface area contributed by atoms with Gasteiger partial charge in [-0.3, -0.25) is 0 Å². The van der Waals surface area contributed by atoms with E-state index in [0.29, 0.717) is 30.1 Å². The maximum absolute atomic E-state index is 15.3. The van der Waals surface area contributed by atoms with Gasteiger partial charge >= 0.3 is 6.11 Å². The first-order chi connectivity index (χ1) is 22.4. The molecule has 47 heavy (non-hydrogen) atoms. The molecule has 0 spiro atoms. The minimum absolute atomic E-state index is 0.0307. The maximum Gasteiger partial charge on any atom is 0.419 e. The molecule has 2 fully saturated rings. The molecular formula is C37H38F8O2. The van der Waals surface area contributed by atoms with Crippen molar-refractivity contribution in [3.63, 3.8) is 0 Å². The normalized spacial score (nSPS) is 22.1. The van der Waals surface area contributed by atoms with Gasteiger partial charge in [0.05, 0.1) is 12.7 Å². The third kappa shape index (κ3) is 8.75. The van der Waals surface area contributed by atoms with E-state index in [2.05, 4.69) is 11.7 Å². The van der Waals surface area contributed by atoms with Crippen molar-refractivity contribution in [1.82, 2.24) is 0 Å². The molecule has 0 N–H and O–H groups in total. The van der Waals surface area contributed by atoms with Crippen LogP contribution >= 0.6 is 0 Å². The zero-order chi connectivity index (χ0) is 33.7. The van der Waals surface area contributed by atoms with Crippen molar-refractivity contribution in [3.05, 3.63) is 94.6 Å². The van der Waals surface area contributed by atoms with Gasteiger partial charge in [0.25, 0.3) is 0 Å². The molecule has 254 valence electrons. The lowest BCUT2D eigenvalue weighted by molar-refractivity contribution is -0.131. The summed E-state index contributed by atoms with van der Waals surface area (Å²) in [4.78, 5) is 0. The van der Waals surface area contributed by atoms with Gasteiger partial charge in [0, 0.05) is 29.3 Å². The van der Waals surface area contributed by atoms with Crippen LogP contribution in [0.15, 0.2) is 48.5 Å². The lowest BCUT2D eigenvalue weighted by atomic mass is 9.72. The van der Waals surface area contributed by atoms with E-state index in [-0.39, 0.29) is 35.4 Å². The van der Waals surface area contributed by atoms with Gasteiger partial charge in [0.2, 0.25) is 0 Å². The van der Waals surface area contributed by atoms with E-state index >= 15 is 4.39 Å². The molecule has 10 heteroatoms. The Morgan fingerprint density at radius 2 is 1.43 bits per heavy atom. The first-order valence-electron chi connectivity index (χ1n) is 16.2. The standard InChI is InChI=1S/C37H38F8O2/c1-2-3-4-5-22-6-8-23(9-7-22)25-11-13-35(46-21-25)24-10-12-28(30(38)16-24)26-17-31(39)29(32(40)18-26)14-15-37(44,45)47-27-19-33(41)36(43)34(42)20-27/h10,12,14-20,22-23,25,35H,2-9,11,13,21H2,1H3. The van der Waals surface area contributed by atoms with E-state index in [4.69, 9.17) is 4.74 Å². The zero-order valence-electron chi connectivity index (χ0n) is 26.1. The molecule has 2 aliphatic rings. The van der Waals surface area contributed by atoms with E-state index in [0.717, 1.165) is 30.9 Å². The Kier molecular flexibility index (Phi) is 11.3. The number of ether oxygens (including phenoxy) is 2. The highest BCUT2D eigenvalue weighted by atomic mass is 19.3. The predicted octanol–water partition coefficient (Wildman–Crippen LogP) is 11.7. The molecule has 2 unspecified atom stereocenters. The minimum Gasteiger partial charge on any atom is -0.429 e. The number of hydrogen-bond acceptors (Lipinski definition) is 2. The number of alkyl halides is 2. The SMILES string of the molecule is CCCCCC1CCC(C2CCC(c3ccc(-c4cc(F)c(C=CC(F)(F)Oc5cc(F)c(F)c(F)c5)c(F)c4)c(F)c3)OC2)CC1. The van der Waals surface area contributed by atoms with Crippen LogP contribution in [-0.2, 0) is 4.74 Å². The summed E-state index contributed by atoms with van der Waals surface area (Å²) in [5.74, 6) is -7.67. The van der Waals surface area contributed by atoms with Crippen LogP contribution < -0.4 is 4.74 Å². The van der Waals surface area contributed by atoms with Crippen LogP contribution in [0.4, 0.5) is 35.1 Å². The van der Waals surface area contributed by atoms with Gasteiger partial charge in [-0.15, -0.1) is 0 Å². The smallest absolute Gasteiger partial charge is 0.419 e. The highest BCUT2D eigenvalue weighted by Crippen LogP contribution is 2.42. The van der Waals surface area contributed by atoms with Crippen molar-refractivity contribution in [2.24, 2.45) is 17.8 Å². The molecule has 0 amide bonds. The third-order valence-corrected chi connectivity index (χ3v) is 9.50. The highest BCUT2D eigenvalue weighted by molar-refractivity contribution is 5.67. The van der Waals surface area contributed by atoms with Crippen LogP contribution in [0, 0.1) is 52.7 Å². The fraction of sp³-hybridized carbons (Fsp3) is 0.459. The fourth-order valence-electron chi connectivity index (χ4n) is 6.87. The molecule has 1 aliphatic heterocycles. The Labute approximate surface area is 269 Å². The summed E-state index contributed by atoms with van der Waals surface area (Å²) in [6, 6.07) is 6.39. The minimum atomic E-state index is -4.27. The number of hydrogen-bond donors (Lipinski definition) is 0. The maximum atomic E-state index is 15.3. The molecule has 1 saturated heterocycles. The van der Waals surface area contributed by atoms with Gasteiger partial charge in [-0.05, 0) is 78.8 Å². The van der Waals surface area contributed by atoms with Gasteiger partial charge in [0.1, 0.15) is 23.2 Å². The van der Waals surface area contributed by atoms with Crippen LogP contribution in [0.2, 0.25) is 0 Å². The molecule has 1 heterocycles. The molecule has 3 aromatic carbocycles. The molecule has 2 nitrogen and oxygen atoms in total. The predicted molar refractivity (Wildman–Crippen MR) is 164 cm³/mol. The van der Waals surface area contributed by atoms with E-state index < -0.39 is 52.3 Å². The zero-order valence-corrected chi connectivity index (χ0v) is 26.1. The van der Waals surface area contributed by atoms with Crippen molar-refractivity contribution >= 4 is 6.08 Å². The van der Waals surface area contributed by atoms with Crippen LogP contribution in [0.5, 0.6) is 5.75 Å².